The number of carbonyl (C=O) groups excluding carboxylic acids is 1. The lowest BCUT2D eigenvalue weighted by atomic mass is 10.2. The number of anilines is 1. The maximum absolute atomic E-state index is 11.4. The number of nitrogens with zero attached hydrogens (tertiary/aromatic N) is 1. The number of rotatable bonds is 5. The molecule has 0 aromatic heterocycles. The standard InChI is InChI=1S/C13H16BrN3O/c1-9(2)17-13(18)5-6-16-12-7-11(14)4-3-10(12)8-15/h3-4,7,9,16H,5-6H2,1-2H3,(H,17,18). The van der Waals surface area contributed by atoms with Crippen LogP contribution in [-0.4, -0.2) is 18.5 Å². The van der Waals surface area contributed by atoms with Gasteiger partial charge < -0.3 is 10.6 Å². The summed E-state index contributed by atoms with van der Waals surface area (Å²) >= 11 is 3.35. The molecular formula is C13H16BrN3O. The van der Waals surface area contributed by atoms with Gasteiger partial charge in [0.05, 0.1) is 11.3 Å². The summed E-state index contributed by atoms with van der Waals surface area (Å²) in [6, 6.07) is 7.64. The van der Waals surface area contributed by atoms with Gasteiger partial charge in [-0.05, 0) is 32.0 Å². The van der Waals surface area contributed by atoms with Crippen LogP contribution in [0, 0.1) is 11.3 Å². The molecule has 18 heavy (non-hydrogen) atoms. The zero-order valence-electron chi connectivity index (χ0n) is 10.5. The number of nitrogens with one attached hydrogen (secondary N) is 2. The van der Waals surface area contributed by atoms with E-state index in [1.165, 1.54) is 0 Å². The van der Waals surface area contributed by atoms with Crippen molar-refractivity contribution in [2.75, 3.05) is 11.9 Å². The van der Waals surface area contributed by atoms with Gasteiger partial charge in [0.2, 0.25) is 5.91 Å². The Labute approximate surface area is 116 Å². The molecule has 96 valence electrons. The molecule has 0 unspecified atom stereocenters. The molecule has 5 heteroatoms. The van der Waals surface area contributed by atoms with Gasteiger partial charge in [-0.25, -0.2) is 0 Å². The monoisotopic (exact) mass is 309 g/mol. The van der Waals surface area contributed by atoms with Crippen LogP contribution in [0.2, 0.25) is 0 Å². The Morgan fingerprint density at radius 1 is 1.50 bits per heavy atom. The minimum atomic E-state index is 0.00556. The van der Waals surface area contributed by atoms with E-state index in [9.17, 15) is 4.79 Å². The highest BCUT2D eigenvalue weighted by atomic mass is 79.9. The van der Waals surface area contributed by atoms with Crippen molar-refractivity contribution in [3.05, 3.63) is 28.2 Å². The van der Waals surface area contributed by atoms with Crippen molar-refractivity contribution >= 4 is 27.5 Å². The molecule has 1 aromatic carbocycles. The lowest BCUT2D eigenvalue weighted by Crippen LogP contribution is -2.31. The average Bonchev–Trinajstić information content (AvgIpc) is 2.28. The van der Waals surface area contributed by atoms with E-state index in [1.54, 1.807) is 6.07 Å². The lowest BCUT2D eigenvalue weighted by molar-refractivity contribution is -0.121. The molecule has 0 aliphatic heterocycles. The summed E-state index contributed by atoms with van der Waals surface area (Å²) in [5.41, 5.74) is 1.31. The molecule has 0 bridgehead atoms. The van der Waals surface area contributed by atoms with Crippen LogP contribution in [0.25, 0.3) is 0 Å². The second kappa shape index (κ2) is 7.02. The minimum absolute atomic E-state index is 0.00556. The van der Waals surface area contributed by atoms with Gasteiger partial charge in [0.25, 0.3) is 0 Å². The number of hydrogen-bond donors (Lipinski definition) is 2. The number of nitriles is 1. The molecule has 0 heterocycles. The van der Waals surface area contributed by atoms with Gasteiger partial charge in [-0.3, -0.25) is 4.79 Å². The highest BCUT2D eigenvalue weighted by molar-refractivity contribution is 9.10. The van der Waals surface area contributed by atoms with Crippen LogP contribution in [0.15, 0.2) is 22.7 Å². The van der Waals surface area contributed by atoms with Crippen molar-refractivity contribution in [2.45, 2.75) is 26.3 Å². The summed E-state index contributed by atoms with van der Waals surface area (Å²) in [6.07, 6.45) is 0.384. The first-order chi connectivity index (χ1) is 8.52. The SMILES string of the molecule is CC(C)NC(=O)CCNc1cc(Br)ccc1C#N. The van der Waals surface area contributed by atoms with Gasteiger partial charge in [-0.2, -0.15) is 5.26 Å². The van der Waals surface area contributed by atoms with E-state index in [0.29, 0.717) is 18.5 Å². The highest BCUT2D eigenvalue weighted by Crippen LogP contribution is 2.20. The maximum Gasteiger partial charge on any atom is 0.221 e. The molecule has 1 rings (SSSR count). The normalized spacial score (nSPS) is 9.94. The van der Waals surface area contributed by atoms with E-state index in [-0.39, 0.29) is 11.9 Å². The number of hydrogen-bond acceptors (Lipinski definition) is 3. The van der Waals surface area contributed by atoms with E-state index < -0.39 is 0 Å². The fourth-order valence-corrected chi connectivity index (χ4v) is 1.83. The van der Waals surface area contributed by atoms with Crippen molar-refractivity contribution in [2.24, 2.45) is 0 Å². The Morgan fingerprint density at radius 2 is 2.22 bits per heavy atom. The van der Waals surface area contributed by atoms with Crippen LogP contribution in [0.1, 0.15) is 25.8 Å². The smallest absolute Gasteiger partial charge is 0.221 e. The van der Waals surface area contributed by atoms with E-state index >= 15 is 0 Å². The summed E-state index contributed by atoms with van der Waals surface area (Å²) in [5, 5.41) is 14.9. The first kappa shape index (κ1) is 14.5. The summed E-state index contributed by atoms with van der Waals surface area (Å²) < 4.78 is 0.899. The number of halogens is 1. The molecular weight excluding hydrogens is 294 g/mol. The van der Waals surface area contributed by atoms with Crippen LogP contribution >= 0.6 is 15.9 Å². The molecule has 4 nitrogen and oxygen atoms in total. The highest BCUT2D eigenvalue weighted by Gasteiger charge is 2.05. The predicted molar refractivity (Wildman–Crippen MR) is 75.2 cm³/mol. The quantitative estimate of drug-likeness (QED) is 0.879. The van der Waals surface area contributed by atoms with Crippen LogP contribution in [0.5, 0.6) is 0 Å². The number of amides is 1. The third-order valence-electron chi connectivity index (χ3n) is 2.22. The number of carbonyl (C=O) groups is 1. The second-order valence-electron chi connectivity index (χ2n) is 4.20. The topological polar surface area (TPSA) is 64.9 Å². The molecule has 1 aromatic rings. The van der Waals surface area contributed by atoms with Crippen LogP contribution < -0.4 is 10.6 Å². The van der Waals surface area contributed by atoms with E-state index in [2.05, 4.69) is 32.6 Å². The Bertz CT molecular complexity index is 466. The van der Waals surface area contributed by atoms with Gasteiger partial charge in [0.15, 0.2) is 0 Å². The zero-order chi connectivity index (χ0) is 13.5. The fourth-order valence-electron chi connectivity index (χ4n) is 1.47. The van der Waals surface area contributed by atoms with Crippen LogP contribution in [-0.2, 0) is 4.79 Å². The lowest BCUT2D eigenvalue weighted by Gasteiger charge is -2.10. The van der Waals surface area contributed by atoms with Gasteiger partial charge in [-0.15, -0.1) is 0 Å². The van der Waals surface area contributed by atoms with Crippen molar-refractivity contribution in [3.63, 3.8) is 0 Å². The van der Waals surface area contributed by atoms with Gasteiger partial charge in [0.1, 0.15) is 6.07 Å². The first-order valence-corrected chi connectivity index (χ1v) is 6.55. The van der Waals surface area contributed by atoms with Gasteiger partial charge in [0, 0.05) is 23.5 Å². The third kappa shape index (κ3) is 4.76. The van der Waals surface area contributed by atoms with E-state index in [0.717, 1.165) is 10.2 Å². The Kier molecular flexibility index (Phi) is 5.66. The molecule has 0 saturated carbocycles. The van der Waals surface area contributed by atoms with E-state index in [4.69, 9.17) is 5.26 Å². The molecule has 0 spiro atoms. The molecule has 0 atom stereocenters. The Hall–Kier alpha value is -1.54. The predicted octanol–water partition coefficient (Wildman–Crippen LogP) is 2.65. The molecule has 0 saturated heterocycles. The van der Waals surface area contributed by atoms with Crippen molar-refractivity contribution in [1.29, 1.82) is 5.26 Å². The first-order valence-electron chi connectivity index (χ1n) is 5.76. The van der Waals surface area contributed by atoms with Gasteiger partial charge >= 0.3 is 0 Å². The largest absolute Gasteiger partial charge is 0.383 e. The molecule has 0 fully saturated rings. The second-order valence-corrected chi connectivity index (χ2v) is 5.12. The number of benzene rings is 1. The third-order valence-corrected chi connectivity index (χ3v) is 2.71. The zero-order valence-corrected chi connectivity index (χ0v) is 12.0. The molecule has 2 N–H and O–H groups in total. The van der Waals surface area contributed by atoms with Crippen LogP contribution in [0.4, 0.5) is 5.69 Å². The summed E-state index contributed by atoms with van der Waals surface area (Å²) in [4.78, 5) is 11.4. The van der Waals surface area contributed by atoms with Crippen molar-refractivity contribution < 1.29 is 4.79 Å². The maximum atomic E-state index is 11.4. The Morgan fingerprint density at radius 3 is 2.83 bits per heavy atom. The van der Waals surface area contributed by atoms with Gasteiger partial charge in [-0.1, -0.05) is 15.9 Å². The summed E-state index contributed by atoms with van der Waals surface area (Å²) in [7, 11) is 0. The fraction of sp³-hybridized carbons (Fsp3) is 0.385. The molecule has 0 aliphatic rings. The summed E-state index contributed by atoms with van der Waals surface area (Å²) in [5.74, 6) is 0.00556. The minimum Gasteiger partial charge on any atom is -0.383 e. The average molecular weight is 310 g/mol. The van der Waals surface area contributed by atoms with Crippen molar-refractivity contribution in [3.8, 4) is 6.07 Å². The van der Waals surface area contributed by atoms with Crippen molar-refractivity contribution in [1.82, 2.24) is 5.32 Å². The van der Waals surface area contributed by atoms with E-state index in [1.807, 2.05) is 26.0 Å². The summed E-state index contributed by atoms with van der Waals surface area (Å²) in [6.45, 7) is 4.35. The van der Waals surface area contributed by atoms with Crippen LogP contribution in [0.3, 0.4) is 0 Å². The molecule has 0 aliphatic carbocycles. The Balaban J connectivity index is 2.51. The molecule has 1 amide bonds. The molecule has 0 radical (unpaired) electrons.